The van der Waals surface area contributed by atoms with Gasteiger partial charge < -0.3 is 9.88 Å². The maximum atomic E-state index is 11.7. The molecule has 0 unspecified atom stereocenters. The van der Waals surface area contributed by atoms with Crippen LogP contribution in [0.1, 0.15) is 39.0 Å². The van der Waals surface area contributed by atoms with Gasteiger partial charge in [-0.2, -0.15) is 0 Å². The number of nitrogens with one attached hydrogen (secondary N) is 2. The maximum Gasteiger partial charge on any atom is 0.439 e. The Hall–Kier alpha value is -4.05. The highest BCUT2D eigenvalue weighted by Gasteiger charge is 2.23. The van der Waals surface area contributed by atoms with E-state index in [0.29, 0.717) is 39.6 Å². The number of aryl methyl sites for hydroxylation is 1. The van der Waals surface area contributed by atoms with Crippen molar-refractivity contribution in [3.63, 3.8) is 0 Å². The minimum atomic E-state index is -0.655. The van der Waals surface area contributed by atoms with Gasteiger partial charge in [0.05, 0.1) is 21.7 Å². The summed E-state index contributed by atoms with van der Waals surface area (Å²) < 4.78 is 6.90. The topological polar surface area (TPSA) is 127 Å². The average Bonchev–Trinajstić information content (AvgIpc) is 3.51. The van der Waals surface area contributed by atoms with Gasteiger partial charge in [-0.05, 0) is 42.5 Å². The van der Waals surface area contributed by atoms with Crippen molar-refractivity contribution in [1.82, 2.24) is 34.6 Å². The number of aromatic amines is 1. The van der Waals surface area contributed by atoms with Gasteiger partial charge in [-0.25, -0.2) is 19.7 Å². The zero-order valence-electron chi connectivity index (χ0n) is 20.9. The lowest BCUT2D eigenvalue weighted by atomic mass is 9.81. The molecule has 0 atom stereocenters. The fourth-order valence-corrected chi connectivity index (χ4v) is 5.33. The van der Waals surface area contributed by atoms with E-state index in [1.165, 1.54) is 25.7 Å². The third kappa shape index (κ3) is 5.04. The van der Waals surface area contributed by atoms with Crippen molar-refractivity contribution in [2.45, 2.75) is 45.6 Å². The molecule has 2 N–H and O–H groups in total. The predicted octanol–water partition coefficient (Wildman–Crippen LogP) is 5.85. The number of aromatic nitrogens is 7. The van der Waals surface area contributed by atoms with Crippen LogP contribution in [0.15, 0.2) is 58.2 Å². The van der Waals surface area contributed by atoms with Crippen LogP contribution in [-0.2, 0) is 6.54 Å². The molecule has 0 bridgehead atoms. The number of hydrogen-bond acceptors (Lipinski definition) is 8. The zero-order valence-corrected chi connectivity index (χ0v) is 21.6. The number of anilines is 2. The van der Waals surface area contributed by atoms with Gasteiger partial charge >= 0.3 is 5.76 Å². The number of hydrogen-bond donors (Lipinski definition) is 2. The van der Waals surface area contributed by atoms with E-state index in [0.717, 1.165) is 30.0 Å². The van der Waals surface area contributed by atoms with Crippen LogP contribution >= 0.6 is 11.6 Å². The van der Waals surface area contributed by atoms with Crippen LogP contribution in [0.3, 0.4) is 0 Å². The monoisotopic (exact) mass is 530 g/mol. The number of H-pyrrole nitrogens is 1. The second kappa shape index (κ2) is 10.4. The van der Waals surface area contributed by atoms with Crippen molar-refractivity contribution < 1.29 is 4.52 Å². The molecule has 0 spiro atoms. The van der Waals surface area contributed by atoms with Crippen molar-refractivity contribution in [2.75, 3.05) is 5.32 Å². The largest absolute Gasteiger partial charge is 0.439 e. The molecule has 1 aliphatic rings. The summed E-state index contributed by atoms with van der Waals surface area (Å²) in [6.45, 7) is 3.10. The molecule has 0 aromatic carbocycles. The third-order valence-electron chi connectivity index (χ3n) is 7.19. The van der Waals surface area contributed by atoms with Gasteiger partial charge in [-0.3, -0.25) is 14.5 Å². The lowest BCUT2D eigenvalue weighted by Gasteiger charge is -2.26. The highest BCUT2D eigenvalue weighted by Crippen LogP contribution is 2.36. The summed E-state index contributed by atoms with van der Waals surface area (Å²) in [7, 11) is 0. The van der Waals surface area contributed by atoms with Crippen molar-refractivity contribution in [3.05, 3.63) is 64.5 Å². The molecule has 1 aliphatic carbocycles. The molecule has 1 saturated carbocycles. The van der Waals surface area contributed by atoms with Crippen LogP contribution in [0.4, 0.5) is 11.8 Å². The van der Waals surface area contributed by atoms with Crippen molar-refractivity contribution >= 4 is 34.4 Å². The highest BCUT2D eigenvalue weighted by atomic mass is 35.5. The first-order chi connectivity index (χ1) is 18.5. The normalized spacial score (nSPS) is 17.6. The summed E-state index contributed by atoms with van der Waals surface area (Å²) in [5.41, 5.74) is 3.31. The Balaban J connectivity index is 1.51. The number of imidazole rings is 1. The molecule has 11 heteroatoms. The summed E-state index contributed by atoms with van der Waals surface area (Å²) in [6, 6.07) is 9.31. The molecule has 1 fully saturated rings. The number of halogens is 1. The first kappa shape index (κ1) is 24.3. The lowest BCUT2D eigenvalue weighted by molar-refractivity contribution is 0.270. The Bertz CT molecular complexity index is 1620. The van der Waals surface area contributed by atoms with Gasteiger partial charge in [0.1, 0.15) is 11.5 Å². The average molecular weight is 531 g/mol. The predicted molar refractivity (Wildman–Crippen MR) is 145 cm³/mol. The molecular formula is C27H27ClN8O2. The SMILES string of the molecule is CC1CCC(CCn2c(Nc3ccccn3)nc3cc(-c4noc(=O)[nH]4)nc(-c4cncc(Cl)c4)c32)CC1. The Labute approximate surface area is 223 Å². The van der Waals surface area contributed by atoms with Crippen LogP contribution < -0.4 is 11.1 Å². The van der Waals surface area contributed by atoms with Gasteiger partial charge in [0, 0.05) is 30.7 Å². The number of nitrogens with zero attached hydrogens (tertiary/aromatic N) is 6. The second-order valence-corrected chi connectivity index (χ2v) is 10.3. The summed E-state index contributed by atoms with van der Waals surface area (Å²) in [5, 5.41) is 7.72. The van der Waals surface area contributed by atoms with Crippen LogP contribution in [0.5, 0.6) is 0 Å². The maximum absolute atomic E-state index is 11.7. The summed E-state index contributed by atoms with van der Waals surface area (Å²) in [6.07, 6.45) is 11.1. The minimum Gasteiger partial charge on any atom is -0.310 e. The van der Waals surface area contributed by atoms with Crippen molar-refractivity contribution in [3.8, 4) is 22.8 Å². The van der Waals surface area contributed by atoms with Gasteiger partial charge in [0.25, 0.3) is 0 Å². The molecule has 5 heterocycles. The van der Waals surface area contributed by atoms with E-state index < -0.39 is 5.76 Å². The summed E-state index contributed by atoms with van der Waals surface area (Å²) >= 11 is 6.32. The summed E-state index contributed by atoms with van der Waals surface area (Å²) in [5.74, 6) is 2.38. The minimum absolute atomic E-state index is 0.221. The van der Waals surface area contributed by atoms with Crippen molar-refractivity contribution in [2.24, 2.45) is 11.8 Å². The molecule has 194 valence electrons. The fourth-order valence-electron chi connectivity index (χ4n) is 5.15. The van der Waals surface area contributed by atoms with Gasteiger partial charge in [-0.1, -0.05) is 55.4 Å². The Morgan fingerprint density at radius 2 is 2.03 bits per heavy atom. The number of pyridine rings is 3. The van der Waals surface area contributed by atoms with E-state index in [9.17, 15) is 4.79 Å². The number of fused-ring (bicyclic) bond motifs is 1. The van der Waals surface area contributed by atoms with Crippen molar-refractivity contribution in [1.29, 1.82) is 0 Å². The second-order valence-electron chi connectivity index (χ2n) is 9.90. The van der Waals surface area contributed by atoms with Crippen LogP contribution in [0, 0.1) is 11.8 Å². The fraction of sp³-hybridized carbons (Fsp3) is 0.333. The first-order valence-corrected chi connectivity index (χ1v) is 13.2. The van der Waals surface area contributed by atoms with Gasteiger partial charge in [-0.15, -0.1) is 0 Å². The molecular weight excluding hydrogens is 504 g/mol. The number of rotatable bonds is 7. The smallest absolute Gasteiger partial charge is 0.310 e. The van der Waals surface area contributed by atoms with E-state index in [2.05, 4.69) is 36.9 Å². The molecule has 6 rings (SSSR count). The van der Waals surface area contributed by atoms with Crippen LogP contribution in [0.25, 0.3) is 33.8 Å². The van der Waals surface area contributed by atoms with Gasteiger partial charge in [0.15, 0.2) is 0 Å². The Kier molecular flexibility index (Phi) is 6.63. The first-order valence-electron chi connectivity index (χ1n) is 12.8. The summed E-state index contributed by atoms with van der Waals surface area (Å²) in [4.78, 5) is 32.8. The molecule has 0 radical (unpaired) electrons. The molecule has 38 heavy (non-hydrogen) atoms. The molecule has 5 aromatic heterocycles. The van der Waals surface area contributed by atoms with E-state index >= 15 is 0 Å². The highest BCUT2D eigenvalue weighted by molar-refractivity contribution is 6.30. The Morgan fingerprint density at radius 1 is 1.16 bits per heavy atom. The quantitative estimate of drug-likeness (QED) is 0.268. The molecule has 0 aliphatic heterocycles. The van der Waals surface area contributed by atoms with Crippen LogP contribution in [-0.4, -0.2) is 34.6 Å². The van der Waals surface area contributed by atoms with E-state index in [1.54, 1.807) is 24.7 Å². The molecule has 0 saturated heterocycles. The van der Waals surface area contributed by atoms with Gasteiger partial charge in [0.2, 0.25) is 11.8 Å². The van der Waals surface area contributed by atoms with E-state index in [1.807, 2.05) is 24.3 Å². The molecule has 10 nitrogen and oxygen atoms in total. The van der Waals surface area contributed by atoms with E-state index in [-0.39, 0.29) is 5.82 Å². The van der Waals surface area contributed by atoms with Crippen LogP contribution in [0.2, 0.25) is 5.02 Å². The standard InChI is InChI=1S/C27H27ClN8O2/c1-16-5-7-17(8-6-16)9-11-36-24-20(32-26(36)33-22-4-2-3-10-30-22)13-21(25-34-27(37)38-35-25)31-23(24)18-12-19(28)15-29-14-18/h2-4,10,12-17H,5-9,11H2,1H3,(H,30,32,33)(H,34,35,37). The molecule has 0 amide bonds. The zero-order chi connectivity index (χ0) is 26.1. The Morgan fingerprint density at radius 3 is 2.76 bits per heavy atom. The van der Waals surface area contributed by atoms with E-state index in [4.69, 9.17) is 26.1 Å². The lowest BCUT2D eigenvalue weighted by Crippen LogP contribution is -2.15. The third-order valence-corrected chi connectivity index (χ3v) is 7.39. The molecule has 5 aromatic rings.